The summed E-state index contributed by atoms with van der Waals surface area (Å²) in [4.78, 5) is 25.0. The fourth-order valence-corrected chi connectivity index (χ4v) is 0.266. The topological polar surface area (TPSA) is 95.4 Å². The van der Waals surface area contributed by atoms with Gasteiger partial charge in [-0.05, 0) is 13.8 Å². The van der Waals surface area contributed by atoms with E-state index in [1.165, 1.54) is 13.8 Å². The van der Waals surface area contributed by atoms with E-state index in [0.29, 0.717) is 0 Å². The second kappa shape index (κ2) is 2.76. The van der Waals surface area contributed by atoms with Crippen LogP contribution >= 0.6 is 0 Å². The van der Waals surface area contributed by atoms with Crippen LogP contribution in [-0.4, -0.2) is 17.3 Å². The molecule has 0 aliphatic carbocycles. The molecule has 5 heteroatoms. The Kier molecular flexibility index (Phi) is 2.50. The van der Waals surface area contributed by atoms with Crippen molar-refractivity contribution in [1.82, 2.24) is 0 Å². The highest BCUT2D eigenvalue weighted by atomic mass is 16.7. The van der Waals surface area contributed by atoms with Gasteiger partial charge in [0.05, 0.1) is 0 Å². The van der Waals surface area contributed by atoms with Crippen molar-refractivity contribution in [2.24, 2.45) is 11.6 Å². The fraction of sp³-hybridized carbons (Fsp3) is 0.600. The van der Waals surface area contributed by atoms with Gasteiger partial charge in [-0.25, -0.2) is 4.79 Å². The number of hydrogen-bond donors (Lipinski definition) is 2. The molecule has 0 radical (unpaired) electrons. The first kappa shape index (κ1) is 9.06. The van der Waals surface area contributed by atoms with Crippen molar-refractivity contribution in [3.63, 3.8) is 0 Å². The summed E-state index contributed by atoms with van der Waals surface area (Å²) in [6, 6.07) is 0. The predicted molar refractivity (Wildman–Crippen MR) is 33.6 cm³/mol. The van der Waals surface area contributed by atoms with Crippen molar-refractivity contribution >= 4 is 11.8 Å². The lowest BCUT2D eigenvalue weighted by Gasteiger charge is -2.15. The van der Waals surface area contributed by atoms with E-state index in [9.17, 15) is 9.59 Å². The number of rotatable bonds is 2. The van der Waals surface area contributed by atoms with Crippen molar-refractivity contribution in [1.29, 1.82) is 0 Å². The molecule has 0 saturated heterocycles. The highest BCUT2D eigenvalue weighted by Gasteiger charge is 2.35. The molecule has 0 fully saturated rings. The van der Waals surface area contributed by atoms with Gasteiger partial charge >= 0.3 is 5.97 Å². The quantitative estimate of drug-likeness (QED) is 0.373. The van der Waals surface area contributed by atoms with Crippen LogP contribution in [0.1, 0.15) is 13.8 Å². The van der Waals surface area contributed by atoms with Gasteiger partial charge in [0.15, 0.2) is 11.3 Å². The summed E-state index contributed by atoms with van der Waals surface area (Å²) in [5.41, 5.74) is 3.59. The zero-order valence-electron chi connectivity index (χ0n) is 5.88. The third-order valence-electron chi connectivity index (χ3n) is 1.26. The van der Waals surface area contributed by atoms with Crippen LogP contribution < -0.4 is 11.6 Å². The molecular formula is C5H10N2O3. The van der Waals surface area contributed by atoms with Crippen LogP contribution in [-0.2, 0) is 14.4 Å². The van der Waals surface area contributed by atoms with Gasteiger partial charge in [0, 0.05) is 0 Å². The van der Waals surface area contributed by atoms with Crippen molar-refractivity contribution < 1.29 is 14.4 Å². The minimum atomic E-state index is -1.62. The number of nitrogens with two attached hydrogens (primary N) is 2. The van der Waals surface area contributed by atoms with Crippen LogP contribution in [0.2, 0.25) is 0 Å². The van der Waals surface area contributed by atoms with Crippen LogP contribution in [0.3, 0.4) is 0 Å². The lowest BCUT2D eigenvalue weighted by Crippen LogP contribution is -2.52. The van der Waals surface area contributed by atoms with Gasteiger partial charge in [0.2, 0.25) is 0 Å². The van der Waals surface area contributed by atoms with E-state index in [4.69, 9.17) is 5.73 Å². The highest BCUT2D eigenvalue weighted by Crippen LogP contribution is 2.01. The summed E-state index contributed by atoms with van der Waals surface area (Å²) in [6.45, 7) is 2.43. The van der Waals surface area contributed by atoms with Gasteiger partial charge in [0.1, 0.15) is 0 Å². The number of ketones is 1. The third-order valence-corrected chi connectivity index (χ3v) is 1.26. The second-order valence-electron chi connectivity index (χ2n) is 2.16. The Bertz CT molecular complexity index is 164. The molecular weight excluding hydrogens is 136 g/mol. The Labute approximate surface area is 58.3 Å². The highest BCUT2D eigenvalue weighted by molar-refractivity contribution is 6.06. The maximum Gasteiger partial charge on any atom is 0.352 e. The Morgan fingerprint density at radius 3 is 2.00 bits per heavy atom. The van der Waals surface area contributed by atoms with Crippen LogP contribution in [0.4, 0.5) is 0 Å². The van der Waals surface area contributed by atoms with Crippen molar-refractivity contribution in [3.8, 4) is 0 Å². The third kappa shape index (κ3) is 1.52. The number of carbonyl (C=O) groups excluding carboxylic acids is 2. The molecule has 0 aromatic heterocycles. The molecule has 1 atom stereocenters. The van der Waals surface area contributed by atoms with Crippen LogP contribution in [0, 0.1) is 0 Å². The average Bonchev–Trinajstić information content (AvgIpc) is 1.86. The minimum Gasteiger partial charge on any atom is -0.372 e. The molecule has 0 bridgehead atoms. The molecule has 0 aliphatic rings. The summed E-state index contributed by atoms with van der Waals surface area (Å²) in [5, 5.41) is 0. The Morgan fingerprint density at radius 2 is 1.90 bits per heavy atom. The van der Waals surface area contributed by atoms with Crippen LogP contribution in [0.25, 0.3) is 0 Å². The molecule has 0 aromatic rings. The zero-order chi connectivity index (χ0) is 8.36. The standard InChI is InChI=1S/C5H10N2O3/c1-3(8)5(2,6)4(9)10-7/h6-7H2,1-2H3. The Balaban J connectivity index is 4.40. The maximum atomic E-state index is 10.6. The monoisotopic (exact) mass is 146 g/mol. The van der Waals surface area contributed by atoms with Gasteiger partial charge < -0.3 is 10.6 Å². The Morgan fingerprint density at radius 1 is 1.50 bits per heavy atom. The van der Waals surface area contributed by atoms with Gasteiger partial charge in [-0.15, -0.1) is 0 Å². The molecule has 0 aliphatic heterocycles. The van der Waals surface area contributed by atoms with Gasteiger partial charge in [-0.1, -0.05) is 0 Å². The fourth-order valence-electron chi connectivity index (χ4n) is 0.266. The van der Waals surface area contributed by atoms with Gasteiger partial charge in [-0.3, -0.25) is 4.79 Å². The first-order valence-electron chi connectivity index (χ1n) is 2.64. The van der Waals surface area contributed by atoms with Crippen molar-refractivity contribution in [2.45, 2.75) is 19.4 Å². The molecule has 4 N–H and O–H groups in total. The second-order valence-corrected chi connectivity index (χ2v) is 2.16. The van der Waals surface area contributed by atoms with E-state index in [1.807, 2.05) is 0 Å². The predicted octanol–water partition coefficient (Wildman–Crippen LogP) is -1.29. The van der Waals surface area contributed by atoms with Gasteiger partial charge in [-0.2, -0.15) is 5.90 Å². The largest absolute Gasteiger partial charge is 0.372 e. The molecule has 10 heavy (non-hydrogen) atoms. The zero-order valence-corrected chi connectivity index (χ0v) is 5.88. The van der Waals surface area contributed by atoms with E-state index < -0.39 is 17.3 Å². The number of Topliss-reactive ketones (excluding diaryl/α,β-unsaturated/α-hetero) is 1. The van der Waals surface area contributed by atoms with Gasteiger partial charge in [0.25, 0.3) is 0 Å². The molecule has 0 rings (SSSR count). The maximum absolute atomic E-state index is 10.6. The van der Waals surface area contributed by atoms with Crippen LogP contribution in [0.5, 0.6) is 0 Å². The van der Waals surface area contributed by atoms with E-state index >= 15 is 0 Å². The number of carbonyl (C=O) groups is 2. The summed E-state index contributed by atoms with van der Waals surface area (Å²) in [5.74, 6) is 3.10. The molecule has 0 amide bonds. The minimum absolute atomic E-state index is 0.483. The van der Waals surface area contributed by atoms with Crippen molar-refractivity contribution in [2.75, 3.05) is 0 Å². The molecule has 1 unspecified atom stereocenters. The smallest absolute Gasteiger partial charge is 0.352 e. The normalized spacial score (nSPS) is 15.6. The molecule has 58 valence electrons. The van der Waals surface area contributed by atoms with E-state index in [2.05, 4.69) is 10.7 Å². The van der Waals surface area contributed by atoms with Crippen molar-refractivity contribution in [3.05, 3.63) is 0 Å². The lowest BCUT2D eigenvalue weighted by molar-refractivity contribution is -0.153. The first-order valence-corrected chi connectivity index (χ1v) is 2.64. The van der Waals surface area contributed by atoms with Crippen LogP contribution in [0.15, 0.2) is 0 Å². The molecule has 5 nitrogen and oxygen atoms in total. The van der Waals surface area contributed by atoms with E-state index in [-0.39, 0.29) is 0 Å². The molecule has 0 spiro atoms. The number of hydrogen-bond acceptors (Lipinski definition) is 5. The Hall–Kier alpha value is -0.940. The van der Waals surface area contributed by atoms with E-state index in [1.54, 1.807) is 0 Å². The summed E-state index contributed by atoms with van der Waals surface area (Å²) >= 11 is 0. The summed E-state index contributed by atoms with van der Waals surface area (Å²) in [6.07, 6.45) is 0. The lowest BCUT2D eigenvalue weighted by atomic mass is 10.00. The average molecular weight is 146 g/mol. The summed E-state index contributed by atoms with van der Waals surface area (Å²) in [7, 11) is 0. The summed E-state index contributed by atoms with van der Waals surface area (Å²) < 4.78 is 0. The molecule has 0 saturated carbocycles. The molecule has 0 heterocycles. The molecule has 0 aromatic carbocycles. The SMILES string of the molecule is CC(=O)C(C)(N)C(=O)ON. The van der Waals surface area contributed by atoms with E-state index in [0.717, 1.165) is 0 Å². The first-order chi connectivity index (χ1) is 4.42.